The summed E-state index contributed by atoms with van der Waals surface area (Å²) >= 11 is 0. The van der Waals surface area contributed by atoms with E-state index in [1.807, 2.05) is 12.1 Å². The van der Waals surface area contributed by atoms with Crippen molar-refractivity contribution in [2.24, 2.45) is 23.7 Å². The first-order valence-electron chi connectivity index (χ1n) is 12.4. The van der Waals surface area contributed by atoms with Gasteiger partial charge in [0.2, 0.25) is 0 Å². The molecule has 0 amide bonds. The average Bonchev–Trinajstić information content (AvgIpc) is 2.85. The lowest BCUT2D eigenvalue weighted by Crippen LogP contribution is -2.43. The monoisotopic (exact) mass is 486 g/mol. The highest BCUT2D eigenvalue weighted by Gasteiger charge is 2.49. The Balaban J connectivity index is 1.38. The zero-order valence-electron chi connectivity index (χ0n) is 19.6. The van der Waals surface area contributed by atoms with E-state index in [-0.39, 0.29) is 11.4 Å². The number of rotatable bonds is 7. The first-order valence-corrected chi connectivity index (χ1v) is 12.4. The average molecular weight is 487 g/mol. The molecule has 4 aliphatic rings. The van der Waals surface area contributed by atoms with Crippen LogP contribution in [-0.4, -0.2) is 9.85 Å². The van der Waals surface area contributed by atoms with Gasteiger partial charge in [0.15, 0.2) is 11.5 Å². The summed E-state index contributed by atoms with van der Waals surface area (Å²) in [6.45, 7) is 0. The van der Waals surface area contributed by atoms with Gasteiger partial charge in [0.05, 0.1) is 9.85 Å². The highest BCUT2D eigenvalue weighted by atomic mass is 16.6. The molecule has 4 bridgehead atoms. The first-order chi connectivity index (χ1) is 17.4. The second-order valence-electron chi connectivity index (χ2n) is 10.3. The van der Waals surface area contributed by atoms with Crippen LogP contribution in [-0.2, 0) is 0 Å². The van der Waals surface area contributed by atoms with E-state index in [2.05, 4.69) is 6.07 Å². The third-order valence-electron chi connectivity index (χ3n) is 8.14. The predicted octanol–water partition coefficient (Wildman–Crippen LogP) is 7.63. The van der Waals surface area contributed by atoms with E-state index in [0.717, 1.165) is 17.4 Å². The molecule has 0 unspecified atom stereocenters. The minimum Gasteiger partial charge on any atom is -0.453 e. The molecule has 7 rings (SSSR count). The second kappa shape index (κ2) is 8.93. The number of para-hydroxylation sites is 1. The third kappa shape index (κ3) is 4.17. The van der Waals surface area contributed by atoms with Crippen molar-refractivity contribution in [2.75, 3.05) is 0 Å². The molecular formula is C28H26N2O6. The Labute approximate surface area is 208 Å². The molecule has 0 spiro atoms. The van der Waals surface area contributed by atoms with Gasteiger partial charge in [-0.2, -0.15) is 0 Å². The summed E-state index contributed by atoms with van der Waals surface area (Å²) in [5.74, 6) is 5.39. The number of nitro benzene ring substituents is 2. The lowest BCUT2D eigenvalue weighted by molar-refractivity contribution is -0.385. The third-order valence-corrected chi connectivity index (χ3v) is 8.14. The van der Waals surface area contributed by atoms with Gasteiger partial charge in [-0.1, -0.05) is 12.1 Å². The molecule has 3 aromatic carbocycles. The lowest BCUT2D eigenvalue weighted by Gasteiger charge is -2.54. The van der Waals surface area contributed by atoms with Crippen LogP contribution in [0.2, 0.25) is 0 Å². The minimum atomic E-state index is -0.445. The van der Waals surface area contributed by atoms with Crippen LogP contribution in [0.4, 0.5) is 11.4 Å². The Kier molecular flexibility index (Phi) is 5.59. The Morgan fingerprint density at radius 2 is 1.14 bits per heavy atom. The summed E-state index contributed by atoms with van der Waals surface area (Å²) in [5, 5.41) is 22.1. The first kappa shape index (κ1) is 22.5. The highest BCUT2D eigenvalue weighted by Crippen LogP contribution is 2.61. The molecule has 0 aromatic heterocycles. The van der Waals surface area contributed by atoms with Gasteiger partial charge in [-0.05, 0) is 92.0 Å². The molecule has 8 heteroatoms. The van der Waals surface area contributed by atoms with Crippen molar-refractivity contribution in [3.05, 3.63) is 92.5 Å². The molecular weight excluding hydrogens is 460 g/mol. The lowest BCUT2D eigenvalue weighted by atomic mass is 9.50. The molecule has 0 aliphatic heterocycles. The van der Waals surface area contributed by atoms with E-state index in [1.54, 1.807) is 24.3 Å². The normalized spacial score (nSPS) is 25.9. The molecule has 4 saturated carbocycles. The number of hydrogen-bond acceptors (Lipinski definition) is 6. The number of nitro groups is 2. The largest absolute Gasteiger partial charge is 0.453 e. The summed E-state index contributed by atoms with van der Waals surface area (Å²) in [6, 6.07) is 18.0. The maximum Gasteiger partial charge on any atom is 0.269 e. The van der Waals surface area contributed by atoms with E-state index in [4.69, 9.17) is 9.47 Å². The molecule has 0 saturated heterocycles. The molecule has 0 radical (unpaired) electrons. The van der Waals surface area contributed by atoms with Gasteiger partial charge in [-0.25, -0.2) is 0 Å². The van der Waals surface area contributed by atoms with Crippen LogP contribution in [0, 0.1) is 43.9 Å². The molecule has 0 heterocycles. The standard InChI is InChI=1S/C28H26N2O6/c31-29(32)21-4-8-23(9-5-21)35-26-3-1-2-25(27-19-13-17-12-18(15-19)16-20(27)14-17)28(26)36-24-10-6-22(7-11-24)30(33)34/h1-11,17-20,27H,12-16H2. The maximum absolute atomic E-state index is 11.1. The van der Waals surface area contributed by atoms with Gasteiger partial charge >= 0.3 is 0 Å². The highest BCUT2D eigenvalue weighted by molar-refractivity contribution is 5.53. The Bertz CT molecular complexity index is 1280. The van der Waals surface area contributed by atoms with Crippen molar-refractivity contribution < 1.29 is 19.3 Å². The molecule has 0 atom stereocenters. The molecule has 4 fully saturated rings. The SMILES string of the molecule is O=[N+]([O-])c1ccc(Oc2cccc(C3C4CC5CC(C4)CC3C5)c2Oc2ccc([N+](=O)[O-])cc2)cc1. The number of non-ortho nitro benzene ring substituents is 2. The Morgan fingerprint density at radius 3 is 1.64 bits per heavy atom. The topological polar surface area (TPSA) is 105 Å². The summed E-state index contributed by atoms with van der Waals surface area (Å²) < 4.78 is 12.6. The van der Waals surface area contributed by atoms with Crippen LogP contribution in [0.5, 0.6) is 23.0 Å². The molecule has 0 N–H and O–H groups in total. The fraction of sp³-hybridized carbons (Fsp3) is 0.357. The van der Waals surface area contributed by atoms with Crippen LogP contribution in [0.3, 0.4) is 0 Å². The second-order valence-corrected chi connectivity index (χ2v) is 10.3. The van der Waals surface area contributed by atoms with E-state index in [0.29, 0.717) is 40.8 Å². The van der Waals surface area contributed by atoms with Gasteiger partial charge in [0.1, 0.15) is 11.5 Å². The van der Waals surface area contributed by atoms with Crippen molar-refractivity contribution in [2.45, 2.75) is 38.0 Å². The number of ether oxygens (including phenoxy) is 2. The fourth-order valence-corrected chi connectivity index (χ4v) is 6.93. The van der Waals surface area contributed by atoms with Gasteiger partial charge in [0, 0.05) is 29.8 Å². The van der Waals surface area contributed by atoms with Gasteiger partial charge in [0.25, 0.3) is 11.4 Å². The predicted molar refractivity (Wildman–Crippen MR) is 133 cm³/mol. The van der Waals surface area contributed by atoms with Crippen LogP contribution in [0.15, 0.2) is 66.7 Å². The summed E-state index contributed by atoms with van der Waals surface area (Å²) in [6.07, 6.45) is 6.38. The van der Waals surface area contributed by atoms with Crippen molar-refractivity contribution in [1.82, 2.24) is 0 Å². The molecule has 184 valence electrons. The van der Waals surface area contributed by atoms with Gasteiger partial charge in [-0.15, -0.1) is 0 Å². The summed E-state index contributed by atoms with van der Waals surface area (Å²) in [7, 11) is 0. The van der Waals surface area contributed by atoms with Crippen molar-refractivity contribution in [1.29, 1.82) is 0 Å². The van der Waals surface area contributed by atoms with Gasteiger partial charge in [-0.3, -0.25) is 20.2 Å². The van der Waals surface area contributed by atoms with Crippen molar-refractivity contribution in [3.63, 3.8) is 0 Å². The van der Waals surface area contributed by atoms with Crippen molar-refractivity contribution in [3.8, 4) is 23.0 Å². The summed E-state index contributed by atoms with van der Waals surface area (Å²) in [5.41, 5.74) is 1.10. The molecule has 3 aromatic rings. The van der Waals surface area contributed by atoms with Crippen LogP contribution in [0.1, 0.15) is 43.6 Å². The van der Waals surface area contributed by atoms with Crippen LogP contribution >= 0.6 is 0 Å². The number of benzene rings is 3. The molecule has 4 aliphatic carbocycles. The smallest absolute Gasteiger partial charge is 0.269 e. The zero-order chi connectivity index (χ0) is 24.8. The minimum absolute atomic E-state index is 0.000902. The van der Waals surface area contributed by atoms with E-state index < -0.39 is 9.85 Å². The summed E-state index contributed by atoms with van der Waals surface area (Å²) in [4.78, 5) is 21.3. The Hall–Kier alpha value is -3.94. The van der Waals surface area contributed by atoms with Crippen LogP contribution < -0.4 is 9.47 Å². The van der Waals surface area contributed by atoms with Gasteiger partial charge < -0.3 is 9.47 Å². The number of nitrogens with zero attached hydrogens (tertiary/aromatic N) is 2. The molecule has 36 heavy (non-hydrogen) atoms. The van der Waals surface area contributed by atoms with E-state index in [1.165, 1.54) is 56.4 Å². The quantitative estimate of drug-likeness (QED) is 0.251. The number of hydrogen-bond donors (Lipinski definition) is 0. The van der Waals surface area contributed by atoms with Crippen LogP contribution in [0.25, 0.3) is 0 Å². The maximum atomic E-state index is 11.1. The molecule has 8 nitrogen and oxygen atoms in total. The fourth-order valence-electron chi connectivity index (χ4n) is 6.93. The van der Waals surface area contributed by atoms with Crippen molar-refractivity contribution >= 4 is 11.4 Å². The zero-order valence-corrected chi connectivity index (χ0v) is 19.6. The van der Waals surface area contributed by atoms with E-state index in [9.17, 15) is 20.2 Å². The Morgan fingerprint density at radius 1 is 0.639 bits per heavy atom. The van der Waals surface area contributed by atoms with E-state index >= 15 is 0 Å².